The number of carbonyl (C=O) groups excluding carboxylic acids is 1. The predicted molar refractivity (Wildman–Crippen MR) is 66.4 cm³/mol. The summed E-state index contributed by atoms with van der Waals surface area (Å²) < 4.78 is 10.4. The number of furan rings is 1. The van der Waals surface area contributed by atoms with Gasteiger partial charge in [-0.15, -0.1) is 0 Å². The summed E-state index contributed by atoms with van der Waals surface area (Å²) in [6, 6.07) is 4.95. The van der Waals surface area contributed by atoms with E-state index in [0.29, 0.717) is 22.3 Å². The summed E-state index contributed by atoms with van der Waals surface area (Å²) in [5.41, 5.74) is 1.16. The Morgan fingerprint density at radius 1 is 1.37 bits per heavy atom. The van der Waals surface area contributed by atoms with Crippen LogP contribution in [0.2, 0.25) is 0 Å². The van der Waals surface area contributed by atoms with E-state index in [1.54, 1.807) is 18.2 Å². The smallest absolute Gasteiger partial charge is 0.341 e. The van der Waals surface area contributed by atoms with Gasteiger partial charge in [0, 0.05) is 11.3 Å². The molecule has 1 N–H and O–H groups in total. The lowest BCUT2D eigenvalue weighted by molar-refractivity contribution is -0.139. The molecular weight excluding hydrogens is 248 g/mol. The van der Waals surface area contributed by atoms with Crippen molar-refractivity contribution in [3.63, 3.8) is 0 Å². The Bertz CT molecular complexity index is 651. The summed E-state index contributed by atoms with van der Waals surface area (Å²) in [5, 5.41) is 9.25. The molecule has 2 aromatic rings. The fraction of sp³-hybridized carbons (Fsp3) is 0.286. The van der Waals surface area contributed by atoms with Crippen LogP contribution in [-0.4, -0.2) is 23.5 Å². The van der Waals surface area contributed by atoms with Gasteiger partial charge < -0.3 is 14.3 Å². The molecule has 5 nitrogen and oxygen atoms in total. The van der Waals surface area contributed by atoms with Gasteiger partial charge >= 0.3 is 5.97 Å². The molecule has 0 atom stereocenters. The van der Waals surface area contributed by atoms with E-state index >= 15 is 0 Å². The van der Waals surface area contributed by atoms with E-state index in [1.165, 1.54) is 6.26 Å². The molecule has 1 fully saturated rings. The van der Waals surface area contributed by atoms with Gasteiger partial charge in [-0.25, -0.2) is 4.79 Å². The van der Waals surface area contributed by atoms with Crippen molar-refractivity contribution in [1.29, 1.82) is 0 Å². The summed E-state index contributed by atoms with van der Waals surface area (Å²) in [6.45, 7) is -0.407. The lowest BCUT2D eigenvalue weighted by atomic mass is 10.1. The number of hydrogen-bond acceptors (Lipinski definition) is 4. The van der Waals surface area contributed by atoms with Crippen LogP contribution in [0.25, 0.3) is 11.0 Å². The topological polar surface area (TPSA) is 76.7 Å². The van der Waals surface area contributed by atoms with E-state index in [2.05, 4.69) is 0 Å². The number of ketones is 1. The van der Waals surface area contributed by atoms with Crippen LogP contribution in [0.4, 0.5) is 0 Å². The fourth-order valence-corrected chi connectivity index (χ4v) is 2.00. The second-order valence-corrected chi connectivity index (χ2v) is 4.63. The van der Waals surface area contributed by atoms with Gasteiger partial charge in [0.05, 0.1) is 5.56 Å². The van der Waals surface area contributed by atoms with Crippen molar-refractivity contribution in [2.45, 2.75) is 12.8 Å². The minimum absolute atomic E-state index is 0.0918. The number of ether oxygens (including phenoxy) is 1. The molecule has 1 saturated carbocycles. The number of carboxylic acids is 1. The van der Waals surface area contributed by atoms with E-state index in [-0.39, 0.29) is 11.7 Å². The number of rotatable bonds is 5. The molecule has 0 aliphatic heterocycles. The summed E-state index contributed by atoms with van der Waals surface area (Å²) in [6.07, 6.45) is 3.33. The van der Waals surface area contributed by atoms with E-state index < -0.39 is 12.6 Å². The van der Waals surface area contributed by atoms with Crippen LogP contribution in [0.15, 0.2) is 28.9 Å². The number of benzene rings is 1. The van der Waals surface area contributed by atoms with E-state index in [0.717, 1.165) is 12.8 Å². The molecule has 98 valence electrons. The van der Waals surface area contributed by atoms with E-state index in [4.69, 9.17) is 14.3 Å². The Morgan fingerprint density at radius 3 is 2.84 bits per heavy atom. The maximum absolute atomic E-state index is 12.1. The van der Waals surface area contributed by atoms with Crippen LogP contribution in [-0.2, 0) is 4.79 Å². The maximum Gasteiger partial charge on any atom is 0.341 e. The van der Waals surface area contributed by atoms with Crippen molar-refractivity contribution >= 4 is 22.7 Å². The van der Waals surface area contributed by atoms with Crippen LogP contribution >= 0.6 is 0 Å². The average Bonchev–Trinajstić information content (AvgIpc) is 3.15. The highest BCUT2D eigenvalue weighted by atomic mass is 16.5. The van der Waals surface area contributed by atoms with Gasteiger partial charge in [0.2, 0.25) is 0 Å². The fourth-order valence-electron chi connectivity index (χ4n) is 2.00. The number of carboxylic acid groups (broad SMARTS) is 1. The van der Waals surface area contributed by atoms with Crippen molar-refractivity contribution in [3.8, 4) is 5.75 Å². The molecule has 1 aliphatic rings. The number of fused-ring (bicyclic) bond motifs is 1. The van der Waals surface area contributed by atoms with E-state index in [9.17, 15) is 9.59 Å². The highest BCUT2D eigenvalue weighted by molar-refractivity contribution is 6.09. The second kappa shape index (κ2) is 4.42. The summed E-state index contributed by atoms with van der Waals surface area (Å²) in [4.78, 5) is 22.5. The number of aliphatic carboxylic acids is 1. The van der Waals surface area contributed by atoms with Crippen molar-refractivity contribution in [2.75, 3.05) is 6.61 Å². The minimum Gasteiger partial charge on any atom is -0.482 e. The van der Waals surface area contributed by atoms with Crippen LogP contribution in [0.5, 0.6) is 5.75 Å². The average molecular weight is 260 g/mol. The molecule has 0 unspecified atom stereocenters. The molecule has 1 aromatic carbocycles. The molecule has 3 rings (SSSR count). The van der Waals surface area contributed by atoms with Gasteiger partial charge in [0.1, 0.15) is 17.6 Å². The summed E-state index contributed by atoms with van der Waals surface area (Å²) in [5.74, 6) is -0.416. The third kappa shape index (κ3) is 2.31. The Labute approximate surface area is 108 Å². The molecule has 0 saturated heterocycles. The Kier molecular flexibility index (Phi) is 2.74. The number of hydrogen-bond donors (Lipinski definition) is 1. The third-order valence-electron chi connectivity index (χ3n) is 3.12. The van der Waals surface area contributed by atoms with Gasteiger partial charge in [-0.05, 0) is 31.0 Å². The quantitative estimate of drug-likeness (QED) is 0.836. The molecule has 0 radical (unpaired) electrons. The van der Waals surface area contributed by atoms with E-state index in [1.807, 2.05) is 0 Å². The lowest BCUT2D eigenvalue weighted by Gasteiger charge is -2.03. The molecule has 0 spiro atoms. The molecule has 0 amide bonds. The molecule has 5 heteroatoms. The molecule has 1 aliphatic carbocycles. The molecule has 0 bridgehead atoms. The zero-order valence-electron chi connectivity index (χ0n) is 10.1. The van der Waals surface area contributed by atoms with Gasteiger partial charge in [-0.1, -0.05) is 0 Å². The normalized spacial score (nSPS) is 14.5. The van der Waals surface area contributed by atoms with Crippen molar-refractivity contribution < 1.29 is 23.8 Å². The van der Waals surface area contributed by atoms with Crippen molar-refractivity contribution in [1.82, 2.24) is 0 Å². The highest BCUT2D eigenvalue weighted by Crippen LogP contribution is 2.36. The van der Waals surface area contributed by atoms with Gasteiger partial charge in [0.15, 0.2) is 12.4 Å². The Hall–Kier alpha value is -2.30. The first-order valence-electron chi connectivity index (χ1n) is 6.05. The van der Waals surface area contributed by atoms with Crippen LogP contribution in [0.3, 0.4) is 0 Å². The number of carbonyl (C=O) groups is 2. The maximum atomic E-state index is 12.1. The monoisotopic (exact) mass is 260 g/mol. The largest absolute Gasteiger partial charge is 0.482 e. The SMILES string of the molecule is O=C(O)COc1ccc2occ(C(=O)C3CC3)c2c1. The van der Waals surface area contributed by atoms with Crippen LogP contribution in [0.1, 0.15) is 23.2 Å². The molecular formula is C14H12O5. The first kappa shape index (κ1) is 11.8. The standard InChI is InChI=1S/C14H12O5/c15-13(16)7-18-9-3-4-12-10(5-9)11(6-19-12)14(17)8-1-2-8/h3-6,8H,1-2,7H2,(H,15,16). The van der Waals surface area contributed by atoms with Gasteiger partial charge in [0.25, 0.3) is 0 Å². The zero-order valence-corrected chi connectivity index (χ0v) is 10.1. The lowest BCUT2D eigenvalue weighted by Crippen LogP contribution is -2.09. The van der Waals surface area contributed by atoms with Crippen LogP contribution < -0.4 is 4.74 Å². The summed E-state index contributed by atoms with van der Waals surface area (Å²) >= 11 is 0. The predicted octanol–water partition coefficient (Wildman–Crippen LogP) is 2.49. The third-order valence-corrected chi connectivity index (χ3v) is 3.12. The first-order chi connectivity index (χ1) is 9.15. The molecule has 19 heavy (non-hydrogen) atoms. The zero-order chi connectivity index (χ0) is 13.4. The second-order valence-electron chi connectivity index (χ2n) is 4.63. The van der Waals surface area contributed by atoms with Crippen molar-refractivity contribution in [3.05, 3.63) is 30.0 Å². The Morgan fingerprint density at radius 2 is 2.16 bits per heavy atom. The Balaban J connectivity index is 1.93. The first-order valence-corrected chi connectivity index (χ1v) is 6.05. The van der Waals surface area contributed by atoms with Gasteiger partial charge in [-0.3, -0.25) is 4.79 Å². The van der Waals surface area contributed by atoms with Crippen molar-refractivity contribution in [2.24, 2.45) is 5.92 Å². The minimum atomic E-state index is -1.04. The highest BCUT2D eigenvalue weighted by Gasteiger charge is 2.32. The number of Topliss-reactive ketones (excluding diaryl/α,β-unsaturated/α-hetero) is 1. The molecule has 1 heterocycles. The molecule has 1 aromatic heterocycles. The summed E-state index contributed by atoms with van der Waals surface area (Å²) in [7, 11) is 0. The van der Waals surface area contributed by atoms with Crippen LogP contribution in [0, 0.1) is 5.92 Å². The van der Waals surface area contributed by atoms with Gasteiger partial charge in [-0.2, -0.15) is 0 Å².